The number of aliphatic hydroxyl groups is 1. The van der Waals surface area contributed by atoms with Gasteiger partial charge < -0.3 is 14.6 Å². The molecule has 1 N–H and O–H groups in total. The van der Waals surface area contributed by atoms with Crippen LogP contribution in [0, 0.1) is 10.1 Å². The Morgan fingerprint density at radius 1 is 1.50 bits per heavy atom. The summed E-state index contributed by atoms with van der Waals surface area (Å²) in [5.41, 5.74) is 0.197. The van der Waals surface area contributed by atoms with Gasteiger partial charge in [-0.25, -0.2) is 0 Å². The van der Waals surface area contributed by atoms with Gasteiger partial charge in [-0.05, 0) is 12.8 Å². The van der Waals surface area contributed by atoms with E-state index in [-0.39, 0.29) is 29.9 Å². The maximum Gasteiger partial charge on any atom is 0.287 e. The zero-order chi connectivity index (χ0) is 14.7. The van der Waals surface area contributed by atoms with Crippen LogP contribution >= 0.6 is 0 Å². The molecule has 1 amide bonds. The number of aryl methyl sites for hydroxylation is 1. The van der Waals surface area contributed by atoms with Gasteiger partial charge in [-0.1, -0.05) is 12.8 Å². The van der Waals surface area contributed by atoms with Crippen LogP contribution in [-0.2, 0) is 7.05 Å². The molecule has 7 nitrogen and oxygen atoms in total. The van der Waals surface area contributed by atoms with Crippen molar-refractivity contribution in [3.05, 3.63) is 28.1 Å². The molecule has 0 spiro atoms. The molecule has 1 saturated heterocycles. The fourth-order valence-electron chi connectivity index (χ4n) is 2.64. The third-order valence-corrected chi connectivity index (χ3v) is 3.77. The maximum atomic E-state index is 12.5. The molecule has 0 radical (unpaired) electrons. The molecule has 7 heteroatoms. The Morgan fingerprint density at radius 3 is 2.85 bits per heavy atom. The number of likely N-dealkylation sites (tertiary alicyclic amines) is 1. The number of nitrogens with zero attached hydrogens (tertiary/aromatic N) is 3. The summed E-state index contributed by atoms with van der Waals surface area (Å²) >= 11 is 0. The first kappa shape index (κ1) is 14.5. The molecule has 1 aromatic rings. The van der Waals surface area contributed by atoms with Gasteiger partial charge in [0, 0.05) is 19.7 Å². The second-order valence-corrected chi connectivity index (χ2v) is 5.14. The number of carbonyl (C=O) groups excluding carboxylic acids is 1. The highest BCUT2D eigenvalue weighted by Crippen LogP contribution is 2.22. The van der Waals surface area contributed by atoms with Crippen molar-refractivity contribution in [2.24, 2.45) is 7.05 Å². The fourth-order valence-corrected chi connectivity index (χ4v) is 2.64. The zero-order valence-electron chi connectivity index (χ0n) is 11.5. The summed E-state index contributed by atoms with van der Waals surface area (Å²) < 4.78 is 1.47. The summed E-state index contributed by atoms with van der Waals surface area (Å²) in [5, 5.41) is 20.2. The van der Waals surface area contributed by atoms with E-state index in [1.54, 1.807) is 11.9 Å². The molecule has 1 fully saturated rings. The topological polar surface area (TPSA) is 88.6 Å². The third-order valence-electron chi connectivity index (χ3n) is 3.77. The van der Waals surface area contributed by atoms with Crippen molar-refractivity contribution in [1.82, 2.24) is 9.47 Å². The zero-order valence-corrected chi connectivity index (χ0v) is 11.5. The van der Waals surface area contributed by atoms with Crippen molar-refractivity contribution in [3.8, 4) is 0 Å². The normalized spacial score (nSPS) is 19.7. The summed E-state index contributed by atoms with van der Waals surface area (Å²) in [5.74, 6) is -0.249. The largest absolute Gasteiger partial charge is 0.394 e. The molecule has 1 aliphatic heterocycles. The summed E-state index contributed by atoms with van der Waals surface area (Å²) in [7, 11) is 1.62. The second-order valence-electron chi connectivity index (χ2n) is 5.14. The van der Waals surface area contributed by atoms with Gasteiger partial charge in [-0.3, -0.25) is 14.9 Å². The Kier molecular flexibility index (Phi) is 4.39. The summed E-state index contributed by atoms with van der Waals surface area (Å²) in [6.45, 7) is 0.515. The van der Waals surface area contributed by atoms with Gasteiger partial charge in [0.05, 0.1) is 23.8 Å². The van der Waals surface area contributed by atoms with Gasteiger partial charge in [0.15, 0.2) is 0 Å². The van der Waals surface area contributed by atoms with E-state index in [2.05, 4.69) is 0 Å². The van der Waals surface area contributed by atoms with E-state index in [4.69, 9.17) is 0 Å². The van der Waals surface area contributed by atoms with E-state index in [1.165, 1.54) is 16.8 Å². The standard InChI is InChI=1S/C13H19N3O4/c1-14-8-11(16(19)20)7-12(14)13(18)15-6-4-2-3-5-10(15)9-17/h7-8,10,17H,2-6,9H2,1H3. The quantitative estimate of drug-likeness (QED) is 0.668. The van der Waals surface area contributed by atoms with Crippen molar-refractivity contribution in [1.29, 1.82) is 0 Å². The number of hydrogen-bond donors (Lipinski definition) is 1. The van der Waals surface area contributed by atoms with Crippen molar-refractivity contribution >= 4 is 11.6 Å². The first-order valence-electron chi connectivity index (χ1n) is 6.77. The smallest absolute Gasteiger partial charge is 0.287 e. The van der Waals surface area contributed by atoms with E-state index < -0.39 is 4.92 Å². The second kappa shape index (κ2) is 6.04. The number of hydrogen-bond acceptors (Lipinski definition) is 4. The number of aliphatic hydroxyl groups excluding tert-OH is 1. The Morgan fingerprint density at radius 2 is 2.25 bits per heavy atom. The lowest BCUT2D eigenvalue weighted by Gasteiger charge is -2.28. The first-order chi connectivity index (χ1) is 9.54. The fraction of sp³-hybridized carbons (Fsp3) is 0.615. The van der Waals surface area contributed by atoms with E-state index in [1.807, 2.05) is 0 Å². The molecule has 1 atom stereocenters. The lowest BCUT2D eigenvalue weighted by molar-refractivity contribution is -0.384. The Bertz CT molecular complexity index is 512. The van der Waals surface area contributed by atoms with Gasteiger partial charge in [-0.15, -0.1) is 0 Å². The molecule has 1 aliphatic rings. The highest BCUT2D eigenvalue weighted by molar-refractivity contribution is 5.93. The highest BCUT2D eigenvalue weighted by atomic mass is 16.6. The molecule has 0 aliphatic carbocycles. The van der Waals surface area contributed by atoms with E-state index in [9.17, 15) is 20.0 Å². The van der Waals surface area contributed by atoms with E-state index in [0.29, 0.717) is 6.54 Å². The first-order valence-corrected chi connectivity index (χ1v) is 6.77. The number of aromatic nitrogens is 1. The van der Waals surface area contributed by atoms with E-state index in [0.717, 1.165) is 25.7 Å². The molecule has 0 saturated carbocycles. The van der Waals surface area contributed by atoms with Crippen molar-refractivity contribution in [2.75, 3.05) is 13.2 Å². The average Bonchev–Trinajstić information content (AvgIpc) is 2.67. The molecule has 2 rings (SSSR count). The molecular formula is C13H19N3O4. The monoisotopic (exact) mass is 281 g/mol. The molecular weight excluding hydrogens is 262 g/mol. The Balaban J connectivity index is 2.26. The number of rotatable bonds is 3. The third kappa shape index (κ3) is 2.82. The van der Waals surface area contributed by atoms with Crippen LogP contribution in [0.1, 0.15) is 36.2 Å². The summed E-state index contributed by atoms with van der Waals surface area (Å²) in [6, 6.07) is 1.10. The molecule has 20 heavy (non-hydrogen) atoms. The highest BCUT2D eigenvalue weighted by Gasteiger charge is 2.28. The van der Waals surface area contributed by atoms with Crippen LogP contribution in [0.15, 0.2) is 12.3 Å². The number of amides is 1. The van der Waals surface area contributed by atoms with Crippen LogP contribution in [0.2, 0.25) is 0 Å². The van der Waals surface area contributed by atoms with Gasteiger partial charge in [0.25, 0.3) is 11.6 Å². The van der Waals surface area contributed by atoms with Crippen LogP contribution < -0.4 is 0 Å². The lowest BCUT2D eigenvalue weighted by Crippen LogP contribution is -2.42. The minimum Gasteiger partial charge on any atom is -0.394 e. The predicted molar refractivity (Wildman–Crippen MR) is 72.4 cm³/mol. The van der Waals surface area contributed by atoms with Crippen LogP contribution in [-0.4, -0.2) is 44.6 Å². The van der Waals surface area contributed by atoms with Crippen LogP contribution in [0.25, 0.3) is 0 Å². The Labute approximate surface area is 116 Å². The summed E-state index contributed by atoms with van der Waals surface area (Å²) in [6.07, 6.45) is 5.03. The van der Waals surface area contributed by atoms with Gasteiger partial charge in [-0.2, -0.15) is 0 Å². The Hall–Kier alpha value is -1.89. The SMILES string of the molecule is Cn1cc([N+](=O)[O-])cc1C(=O)N1CCCCCC1CO. The molecule has 0 bridgehead atoms. The van der Waals surface area contributed by atoms with Crippen LogP contribution in [0.3, 0.4) is 0 Å². The maximum absolute atomic E-state index is 12.5. The van der Waals surface area contributed by atoms with Crippen LogP contribution in [0.4, 0.5) is 5.69 Å². The van der Waals surface area contributed by atoms with Crippen molar-refractivity contribution in [3.63, 3.8) is 0 Å². The number of carbonyl (C=O) groups is 1. The molecule has 0 aromatic carbocycles. The molecule has 2 heterocycles. The van der Waals surface area contributed by atoms with Crippen molar-refractivity contribution in [2.45, 2.75) is 31.7 Å². The van der Waals surface area contributed by atoms with Crippen LogP contribution in [0.5, 0.6) is 0 Å². The lowest BCUT2D eigenvalue weighted by atomic mass is 10.1. The van der Waals surface area contributed by atoms with Crippen molar-refractivity contribution < 1.29 is 14.8 Å². The predicted octanol–water partition coefficient (Wildman–Crippen LogP) is 1.31. The van der Waals surface area contributed by atoms with Gasteiger partial charge >= 0.3 is 0 Å². The molecule has 1 aromatic heterocycles. The van der Waals surface area contributed by atoms with Gasteiger partial charge in [0.2, 0.25) is 0 Å². The van der Waals surface area contributed by atoms with Gasteiger partial charge in [0.1, 0.15) is 5.69 Å². The van der Waals surface area contributed by atoms with E-state index >= 15 is 0 Å². The minimum atomic E-state index is -0.511. The average molecular weight is 281 g/mol. The minimum absolute atomic E-state index is 0.0712. The molecule has 1 unspecified atom stereocenters. The summed E-state index contributed by atoms with van der Waals surface area (Å²) in [4.78, 5) is 24.5. The number of nitro groups is 1. The molecule has 110 valence electrons.